The second-order valence-electron chi connectivity index (χ2n) is 7.14. The van der Waals surface area contributed by atoms with Gasteiger partial charge in [0, 0.05) is 6.42 Å². The van der Waals surface area contributed by atoms with Crippen molar-refractivity contribution in [1.82, 2.24) is 16.0 Å². The average molecular weight is 417 g/mol. The van der Waals surface area contributed by atoms with E-state index in [4.69, 9.17) is 16.6 Å². The molecule has 0 bridgehead atoms. The van der Waals surface area contributed by atoms with Gasteiger partial charge in [-0.2, -0.15) is 0 Å². The summed E-state index contributed by atoms with van der Waals surface area (Å²) in [5.41, 5.74) is 10.6. The average Bonchev–Trinajstić information content (AvgIpc) is 2.60. The van der Waals surface area contributed by atoms with Crippen molar-refractivity contribution in [3.05, 3.63) is 0 Å². The van der Waals surface area contributed by atoms with Gasteiger partial charge in [0.15, 0.2) is 0 Å². The minimum absolute atomic E-state index is 0.0422. The zero-order chi connectivity index (χ0) is 22.9. The van der Waals surface area contributed by atoms with Crippen LogP contribution in [0.2, 0.25) is 0 Å². The number of rotatable bonds is 12. The monoisotopic (exact) mass is 417 g/mol. The summed E-state index contributed by atoms with van der Waals surface area (Å²) in [5, 5.41) is 25.7. The lowest BCUT2D eigenvalue weighted by molar-refractivity contribution is -0.142. The highest BCUT2D eigenvalue weighted by molar-refractivity contribution is 5.94. The molecular formula is C17H31N5O7. The number of carbonyl (C=O) groups excluding carboxylic acids is 4. The molecule has 5 atom stereocenters. The smallest absolute Gasteiger partial charge is 0.325 e. The molecule has 0 aromatic carbocycles. The van der Waals surface area contributed by atoms with Gasteiger partial charge in [-0.15, -0.1) is 0 Å². The fourth-order valence-electron chi connectivity index (χ4n) is 2.24. The minimum Gasteiger partial charge on any atom is -0.480 e. The molecule has 5 unspecified atom stereocenters. The number of aliphatic hydroxyl groups is 1. The maximum Gasteiger partial charge on any atom is 0.325 e. The molecule has 29 heavy (non-hydrogen) atoms. The number of primary amides is 1. The van der Waals surface area contributed by atoms with Crippen LogP contribution in [-0.2, 0) is 24.0 Å². The number of amides is 4. The van der Waals surface area contributed by atoms with E-state index in [1.54, 1.807) is 13.8 Å². The van der Waals surface area contributed by atoms with E-state index in [2.05, 4.69) is 16.0 Å². The molecule has 166 valence electrons. The maximum absolute atomic E-state index is 12.6. The second-order valence-corrected chi connectivity index (χ2v) is 7.14. The fourth-order valence-corrected chi connectivity index (χ4v) is 2.24. The van der Waals surface area contributed by atoms with Gasteiger partial charge in [-0.3, -0.25) is 24.0 Å². The number of nitrogens with two attached hydrogens (primary N) is 2. The largest absolute Gasteiger partial charge is 0.480 e. The Kier molecular flexibility index (Phi) is 10.8. The van der Waals surface area contributed by atoms with Gasteiger partial charge >= 0.3 is 5.97 Å². The molecule has 0 saturated heterocycles. The number of carboxylic acid groups (broad SMARTS) is 1. The molecule has 0 aromatic heterocycles. The van der Waals surface area contributed by atoms with E-state index in [0.717, 1.165) is 0 Å². The SMILES string of the molecule is CC(NC(=O)C(NC(=O)C(NC(=O)C(N)CCC(N)=O)C(C)O)C(C)C)C(=O)O. The van der Waals surface area contributed by atoms with Crippen molar-refractivity contribution in [2.45, 2.75) is 70.8 Å². The van der Waals surface area contributed by atoms with Gasteiger partial charge in [-0.05, 0) is 26.2 Å². The maximum atomic E-state index is 12.6. The van der Waals surface area contributed by atoms with Crippen LogP contribution in [0.4, 0.5) is 0 Å². The number of nitrogens with one attached hydrogen (secondary N) is 3. The van der Waals surface area contributed by atoms with Crippen LogP contribution in [-0.4, -0.2) is 70.1 Å². The summed E-state index contributed by atoms with van der Waals surface area (Å²) in [6.45, 7) is 5.79. The van der Waals surface area contributed by atoms with Crippen molar-refractivity contribution in [2.24, 2.45) is 17.4 Å². The van der Waals surface area contributed by atoms with Crippen LogP contribution in [0.25, 0.3) is 0 Å². The number of aliphatic carboxylic acids is 1. The predicted octanol–water partition coefficient (Wildman–Crippen LogP) is -2.83. The Morgan fingerprint density at radius 1 is 0.862 bits per heavy atom. The highest BCUT2D eigenvalue weighted by Crippen LogP contribution is 2.05. The van der Waals surface area contributed by atoms with Crippen LogP contribution in [0, 0.1) is 5.92 Å². The Morgan fingerprint density at radius 3 is 1.76 bits per heavy atom. The molecule has 0 fully saturated rings. The Labute approximate surface area is 168 Å². The van der Waals surface area contributed by atoms with E-state index in [0.29, 0.717) is 0 Å². The number of aliphatic hydroxyl groups excluding tert-OH is 1. The van der Waals surface area contributed by atoms with Gasteiger partial charge in [0.2, 0.25) is 23.6 Å². The molecule has 0 rings (SSSR count). The number of hydrogen-bond acceptors (Lipinski definition) is 7. The molecule has 0 aromatic rings. The van der Waals surface area contributed by atoms with Crippen molar-refractivity contribution in [2.75, 3.05) is 0 Å². The van der Waals surface area contributed by atoms with Gasteiger partial charge in [-0.1, -0.05) is 13.8 Å². The van der Waals surface area contributed by atoms with Gasteiger partial charge in [0.1, 0.15) is 18.1 Å². The van der Waals surface area contributed by atoms with Crippen molar-refractivity contribution < 1.29 is 34.2 Å². The third-order valence-corrected chi connectivity index (χ3v) is 4.08. The molecule has 0 radical (unpaired) electrons. The molecule has 9 N–H and O–H groups in total. The first kappa shape index (κ1) is 26.3. The van der Waals surface area contributed by atoms with Crippen molar-refractivity contribution >= 4 is 29.6 Å². The van der Waals surface area contributed by atoms with E-state index in [9.17, 15) is 29.1 Å². The first-order valence-electron chi connectivity index (χ1n) is 9.13. The van der Waals surface area contributed by atoms with Crippen LogP contribution in [0.15, 0.2) is 0 Å². The molecule has 12 nitrogen and oxygen atoms in total. The zero-order valence-electron chi connectivity index (χ0n) is 17.0. The third kappa shape index (κ3) is 9.34. The lowest BCUT2D eigenvalue weighted by Gasteiger charge is -2.27. The topological polar surface area (TPSA) is 214 Å². The number of carbonyl (C=O) groups is 5. The Hall–Kier alpha value is -2.73. The lowest BCUT2D eigenvalue weighted by Crippen LogP contribution is -2.60. The molecule has 0 aliphatic heterocycles. The van der Waals surface area contributed by atoms with Crippen LogP contribution < -0.4 is 27.4 Å². The molecule has 4 amide bonds. The van der Waals surface area contributed by atoms with E-state index >= 15 is 0 Å². The van der Waals surface area contributed by atoms with E-state index in [1.807, 2.05) is 0 Å². The quantitative estimate of drug-likeness (QED) is 0.175. The minimum atomic E-state index is -1.42. The highest BCUT2D eigenvalue weighted by Gasteiger charge is 2.33. The highest BCUT2D eigenvalue weighted by atomic mass is 16.4. The summed E-state index contributed by atoms with van der Waals surface area (Å²) in [6.07, 6.45) is -1.49. The summed E-state index contributed by atoms with van der Waals surface area (Å²) in [5.74, 6) is -4.66. The van der Waals surface area contributed by atoms with Crippen molar-refractivity contribution in [3.8, 4) is 0 Å². The molecule has 0 spiro atoms. The van der Waals surface area contributed by atoms with Gasteiger partial charge in [0.25, 0.3) is 0 Å². The summed E-state index contributed by atoms with van der Waals surface area (Å²) in [7, 11) is 0. The standard InChI is InChI=1S/C17H31N5O7/c1-7(2)12(15(26)20-8(3)17(28)29)21-16(27)13(9(4)23)22-14(25)10(18)5-6-11(19)24/h7-10,12-13,23H,5-6,18H2,1-4H3,(H2,19,24)(H,20,26)(H,21,27)(H,22,25)(H,28,29). The van der Waals surface area contributed by atoms with E-state index < -0.39 is 65.8 Å². The van der Waals surface area contributed by atoms with Crippen LogP contribution in [0.3, 0.4) is 0 Å². The van der Waals surface area contributed by atoms with Crippen LogP contribution in [0.1, 0.15) is 40.5 Å². The summed E-state index contributed by atoms with van der Waals surface area (Å²) >= 11 is 0. The fraction of sp³-hybridized carbons (Fsp3) is 0.706. The molecule has 0 aliphatic rings. The first-order valence-corrected chi connectivity index (χ1v) is 9.13. The third-order valence-electron chi connectivity index (χ3n) is 4.08. The number of carboxylic acids is 1. The molecule has 12 heteroatoms. The van der Waals surface area contributed by atoms with Gasteiger partial charge in [0.05, 0.1) is 12.1 Å². The predicted molar refractivity (Wildman–Crippen MR) is 102 cm³/mol. The Balaban J connectivity index is 5.16. The molecular weight excluding hydrogens is 386 g/mol. The summed E-state index contributed by atoms with van der Waals surface area (Å²) < 4.78 is 0. The van der Waals surface area contributed by atoms with E-state index in [-0.39, 0.29) is 12.8 Å². The van der Waals surface area contributed by atoms with Crippen molar-refractivity contribution in [1.29, 1.82) is 0 Å². The normalized spacial score (nSPS) is 16.1. The van der Waals surface area contributed by atoms with Crippen LogP contribution in [0.5, 0.6) is 0 Å². The first-order chi connectivity index (χ1) is 13.3. The molecule has 0 saturated carbocycles. The zero-order valence-corrected chi connectivity index (χ0v) is 17.0. The van der Waals surface area contributed by atoms with Crippen molar-refractivity contribution in [3.63, 3.8) is 0 Å². The van der Waals surface area contributed by atoms with E-state index in [1.165, 1.54) is 13.8 Å². The van der Waals surface area contributed by atoms with Crippen LogP contribution >= 0.6 is 0 Å². The van der Waals surface area contributed by atoms with Gasteiger partial charge in [-0.25, -0.2) is 0 Å². The lowest BCUT2D eigenvalue weighted by atomic mass is 10.0. The number of hydrogen-bond donors (Lipinski definition) is 7. The Morgan fingerprint density at radius 2 is 1.34 bits per heavy atom. The molecule has 0 aliphatic carbocycles. The second kappa shape index (κ2) is 12.0. The summed E-state index contributed by atoms with van der Waals surface area (Å²) in [6, 6.07) is -4.83. The molecule has 0 heterocycles. The Bertz CT molecular complexity index is 623. The van der Waals surface area contributed by atoms with Gasteiger partial charge < -0.3 is 37.6 Å². The summed E-state index contributed by atoms with van der Waals surface area (Å²) in [4.78, 5) is 58.7.